The minimum absolute atomic E-state index is 0.258. The maximum absolute atomic E-state index is 11.5. The first-order chi connectivity index (χ1) is 5.61. The van der Waals surface area contributed by atoms with Gasteiger partial charge in [0.05, 0.1) is 0 Å². The van der Waals surface area contributed by atoms with Gasteiger partial charge in [0.1, 0.15) is 5.78 Å². The third kappa shape index (κ3) is 1.03. The summed E-state index contributed by atoms with van der Waals surface area (Å²) >= 11 is 0. The van der Waals surface area contributed by atoms with Gasteiger partial charge in [-0.15, -0.1) is 0 Å². The molecule has 0 aliphatic heterocycles. The maximum atomic E-state index is 11.5. The molecule has 0 N–H and O–H groups in total. The molecule has 12 heavy (non-hydrogen) atoms. The first-order valence-electron chi connectivity index (χ1n) is 4.81. The highest BCUT2D eigenvalue weighted by molar-refractivity contribution is 5.84. The molecule has 1 saturated carbocycles. The summed E-state index contributed by atoms with van der Waals surface area (Å²) in [5.74, 6) is 1.32. The van der Waals surface area contributed by atoms with Crippen LogP contribution in [0.25, 0.3) is 0 Å². The lowest BCUT2D eigenvalue weighted by Gasteiger charge is -2.39. The lowest BCUT2D eigenvalue weighted by Crippen LogP contribution is -2.37. The van der Waals surface area contributed by atoms with E-state index in [4.69, 9.17) is 0 Å². The Hall–Kier alpha value is -0.590. The zero-order valence-electron chi connectivity index (χ0n) is 7.84. The van der Waals surface area contributed by atoms with Crippen molar-refractivity contribution in [2.24, 2.45) is 17.3 Å². The Bertz CT molecular complexity index is 237. The van der Waals surface area contributed by atoms with Crippen LogP contribution in [0.5, 0.6) is 0 Å². The highest BCUT2D eigenvalue weighted by Crippen LogP contribution is 2.47. The zero-order chi connectivity index (χ0) is 8.77. The third-order valence-corrected chi connectivity index (χ3v) is 3.56. The summed E-state index contributed by atoms with van der Waals surface area (Å²) in [6.07, 6.45) is 7.28. The summed E-state index contributed by atoms with van der Waals surface area (Å²) < 4.78 is 0. The average molecular weight is 164 g/mol. The van der Waals surface area contributed by atoms with Crippen LogP contribution in [0.1, 0.15) is 33.1 Å². The molecule has 0 saturated heterocycles. The van der Waals surface area contributed by atoms with Gasteiger partial charge in [-0.25, -0.2) is 0 Å². The fraction of sp³-hybridized carbons (Fsp3) is 0.727. The molecule has 0 aromatic carbocycles. The van der Waals surface area contributed by atoms with E-state index in [1.54, 1.807) is 0 Å². The SMILES string of the molecule is CC1(C)CCC(=O)C2C=CCC21. The van der Waals surface area contributed by atoms with Gasteiger partial charge in [-0.3, -0.25) is 4.79 Å². The molecule has 2 aliphatic carbocycles. The van der Waals surface area contributed by atoms with Gasteiger partial charge in [0, 0.05) is 12.3 Å². The number of carbonyl (C=O) groups excluding carboxylic acids is 1. The van der Waals surface area contributed by atoms with E-state index in [-0.39, 0.29) is 5.92 Å². The first kappa shape index (κ1) is 8.03. The highest BCUT2D eigenvalue weighted by atomic mass is 16.1. The van der Waals surface area contributed by atoms with Crippen LogP contribution >= 0.6 is 0 Å². The Kier molecular flexibility index (Phi) is 1.64. The van der Waals surface area contributed by atoms with Gasteiger partial charge in [-0.1, -0.05) is 26.0 Å². The smallest absolute Gasteiger partial charge is 0.140 e. The molecule has 0 radical (unpaired) electrons. The molecule has 2 rings (SSSR count). The van der Waals surface area contributed by atoms with Crippen molar-refractivity contribution in [1.82, 2.24) is 0 Å². The van der Waals surface area contributed by atoms with Crippen LogP contribution in [0.4, 0.5) is 0 Å². The molecule has 66 valence electrons. The first-order valence-corrected chi connectivity index (χ1v) is 4.81. The number of Topliss-reactive ketones (excluding diaryl/α,β-unsaturated/α-hetero) is 1. The van der Waals surface area contributed by atoms with Crippen LogP contribution in [0.15, 0.2) is 12.2 Å². The summed E-state index contributed by atoms with van der Waals surface area (Å²) in [6, 6.07) is 0. The number of allylic oxidation sites excluding steroid dienone is 2. The minimum Gasteiger partial charge on any atom is -0.299 e. The van der Waals surface area contributed by atoms with Crippen LogP contribution in [0.2, 0.25) is 0 Å². The molecular weight excluding hydrogens is 148 g/mol. The Balaban J connectivity index is 2.26. The second-order valence-corrected chi connectivity index (χ2v) is 4.75. The molecule has 1 heteroatoms. The van der Waals surface area contributed by atoms with Crippen molar-refractivity contribution in [1.29, 1.82) is 0 Å². The Morgan fingerprint density at radius 1 is 1.50 bits per heavy atom. The summed E-state index contributed by atoms with van der Waals surface area (Å²) in [5, 5.41) is 0. The molecule has 0 bridgehead atoms. The number of ketones is 1. The molecule has 0 aromatic heterocycles. The van der Waals surface area contributed by atoms with E-state index in [1.165, 1.54) is 0 Å². The van der Waals surface area contributed by atoms with Crippen LogP contribution in [0, 0.1) is 17.3 Å². The van der Waals surface area contributed by atoms with E-state index in [2.05, 4.69) is 26.0 Å². The molecule has 2 unspecified atom stereocenters. The number of carbonyl (C=O) groups is 1. The lowest BCUT2D eigenvalue weighted by molar-refractivity contribution is -0.127. The summed E-state index contributed by atoms with van der Waals surface area (Å²) in [4.78, 5) is 11.5. The van der Waals surface area contributed by atoms with Crippen LogP contribution in [0.3, 0.4) is 0 Å². The van der Waals surface area contributed by atoms with Gasteiger partial charge in [-0.05, 0) is 24.2 Å². The fourth-order valence-electron chi connectivity index (χ4n) is 2.59. The van der Waals surface area contributed by atoms with Crippen molar-refractivity contribution >= 4 is 5.78 Å². The minimum atomic E-state index is 0.258. The van der Waals surface area contributed by atoms with Gasteiger partial charge >= 0.3 is 0 Å². The van der Waals surface area contributed by atoms with Gasteiger partial charge in [0.25, 0.3) is 0 Å². The van der Waals surface area contributed by atoms with E-state index in [0.717, 1.165) is 19.3 Å². The topological polar surface area (TPSA) is 17.1 Å². The predicted molar refractivity (Wildman–Crippen MR) is 48.8 cm³/mol. The Labute approximate surface area is 73.8 Å². The molecule has 1 fully saturated rings. The number of hydrogen-bond donors (Lipinski definition) is 0. The second kappa shape index (κ2) is 2.45. The normalized spacial score (nSPS) is 38.3. The molecular formula is C11H16O. The molecule has 1 nitrogen and oxygen atoms in total. The molecule has 0 amide bonds. The highest BCUT2D eigenvalue weighted by Gasteiger charge is 2.43. The Morgan fingerprint density at radius 2 is 2.25 bits per heavy atom. The average Bonchev–Trinajstić information content (AvgIpc) is 2.46. The van der Waals surface area contributed by atoms with Crippen molar-refractivity contribution in [2.75, 3.05) is 0 Å². The van der Waals surface area contributed by atoms with Crippen molar-refractivity contribution in [3.8, 4) is 0 Å². The number of rotatable bonds is 0. The van der Waals surface area contributed by atoms with Gasteiger partial charge in [0.2, 0.25) is 0 Å². The molecule has 0 aromatic rings. The van der Waals surface area contributed by atoms with Gasteiger partial charge < -0.3 is 0 Å². The third-order valence-electron chi connectivity index (χ3n) is 3.56. The monoisotopic (exact) mass is 164 g/mol. The van der Waals surface area contributed by atoms with E-state index >= 15 is 0 Å². The van der Waals surface area contributed by atoms with E-state index in [0.29, 0.717) is 17.1 Å². The number of hydrogen-bond acceptors (Lipinski definition) is 1. The van der Waals surface area contributed by atoms with Crippen LogP contribution in [-0.2, 0) is 4.79 Å². The van der Waals surface area contributed by atoms with Crippen molar-refractivity contribution in [3.63, 3.8) is 0 Å². The Morgan fingerprint density at radius 3 is 2.92 bits per heavy atom. The second-order valence-electron chi connectivity index (χ2n) is 4.75. The van der Waals surface area contributed by atoms with E-state index in [9.17, 15) is 4.79 Å². The number of fused-ring (bicyclic) bond motifs is 1. The quantitative estimate of drug-likeness (QED) is 0.503. The van der Waals surface area contributed by atoms with E-state index < -0.39 is 0 Å². The van der Waals surface area contributed by atoms with Gasteiger partial charge in [-0.2, -0.15) is 0 Å². The fourth-order valence-corrected chi connectivity index (χ4v) is 2.59. The molecule has 2 atom stereocenters. The molecule has 0 heterocycles. The zero-order valence-corrected chi connectivity index (χ0v) is 7.84. The molecule has 2 aliphatic rings. The largest absolute Gasteiger partial charge is 0.299 e. The van der Waals surface area contributed by atoms with Crippen LogP contribution in [-0.4, -0.2) is 5.78 Å². The van der Waals surface area contributed by atoms with Crippen molar-refractivity contribution in [2.45, 2.75) is 33.1 Å². The summed E-state index contributed by atoms with van der Waals surface area (Å²) in [6.45, 7) is 4.59. The maximum Gasteiger partial charge on any atom is 0.140 e. The molecule has 0 spiro atoms. The van der Waals surface area contributed by atoms with Crippen molar-refractivity contribution in [3.05, 3.63) is 12.2 Å². The van der Waals surface area contributed by atoms with Gasteiger partial charge in [0.15, 0.2) is 0 Å². The summed E-state index contributed by atoms with van der Waals surface area (Å²) in [5.41, 5.74) is 0.377. The van der Waals surface area contributed by atoms with Crippen molar-refractivity contribution < 1.29 is 4.79 Å². The standard InChI is InChI=1S/C11H16O/c1-11(2)7-6-10(12)8-4-3-5-9(8)11/h3-4,8-9H,5-7H2,1-2H3. The van der Waals surface area contributed by atoms with E-state index in [1.807, 2.05) is 0 Å². The lowest BCUT2D eigenvalue weighted by atomic mass is 9.64. The summed E-state index contributed by atoms with van der Waals surface area (Å²) in [7, 11) is 0. The van der Waals surface area contributed by atoms with Crippen LogP contribution < -0.4 is 0 Å². The predicted octanol–water partition coefficient (Wildman–Crippen LogP) is 2.57.